The standard InChI is InChI=1S/C13H19N3O3S/c1-2-14-9-13(17)15-11-4-3-5-12(8-11)20(18,19)16-10-6-7-10/h3-5,8,10,14,16H,2,6-7,9H2,1H3,(H,15,17). The van der Waals surface area contributed by atoms with E-state index in [1.165, 1.54) is 12.1 Å². The number of likely N-dealkylation sites (N-methyl/N-ethyl adjacent to an activating group) is 1. The normalized spacial score (nSPS) is 15.1. The van der Waals surface area contributed by atoms with E-state index in [1.807, 2.05) is 6.92 Å². The van der Waals surface area contributed by atoms with Crippen LogP contribution >= 0.6 is 0 Å². The molecule has 0 unspecified atom stereocenters. The molecule has 1 aliphatic carbocycles. The Morgan fingerprint density at radius 3 is 2.75 bits per heavy atom. The second-order valence-corrected chi connectivity index (χ2v) is 6.47. The lowest BCUT2D eigenvalue weighted by Crippen LogP contribution is -2.28. The highest BCUT2D eigenvalue weighted by molar-refractivity contribution is 7.89. The van der Waals surface area contributed by atoms with Crippen LogP contribution in [0.4, 0.5) is 5.69 Å². The summed E-state index contributed by atoms with van der Waals surface area (Å²) in [6.45, 7) is 2.81. The third kappa shape index (κ3) is 4.29. The lowest BCUT2D eigenvalue weighted by Gasteiger charge is -2.09. The molecule has 1 aromatic rings. The summed E-state index contributed by atoms with van der Waals surface area (Å²) in [6.07, 6.45) is 1.77. The van der Waals surface area contributed by atoms with Crippen LogP contribution in [-0.2, 0) is 14.8 Å². The molecule has 2 rings (SSSR count). The van der Waals surface area contributed by atoms with Crippen molar-refractivity contribution in [3.63, 3.8) is 0 Å². The maximum absolute atomic E-state index is 12.1. The van der Waals surface area contributed by atoms with Gasteiger partial charge in [-0.2, -0.15) is 0 Å². The Labute approximate surface area is 119 Å². The topological polar surface area (TPSA) is 87.3 Å². The molecule has 0 atom stereocenters. The SMILES string of the molecule is CCNCC(=O)Nc1cccc(S(=O)(=O)NC2CC2)c1. The summed E-state index contributed by atoms with van der Waals surface area (Å²) in [5.41, 5.74) is 0.478. The van der Waals surface area contributed by atoms with Crippen LogP contribution in [0.1, 0.15) is 19.8 Å². The molecule has 20 heavy (non-hydrogen) atoms. The lowest BCUT2D eigenvalue weighted by atomic mass is 10.3. The number of anilines is 1. The highest BCUT2D eigenvalue weighted by Gasteiger charge is 2.28. The molecule has 3 N–H and O–H groups in total. The van der Waals surface area contributed by atoms with Gasteiger partial charge in [-0.3, -0.25) is 4.79 Å². The van der Waals surface area contributed by atoms with Crippen molar-refractivity contribution < 1.29 is 13.2 Å². The summed E-state index contributed by atoms with van der Waals surface area (Å²) in [6, 6.07) is 6.33. The molecule has 7 heteroatoms. The fraction of sp³-hybridized carbons (Fsp3) is 0.462. The van der Waals surface area contributed by atoms with Gasteiger partial charge in [0.25, 0.3) is 0 Å². The molecule has 1 aliphatic rings. The summed E-state index contributed by atoms with van der Waals surface area (Å²) >= 11 is 0. The molecule has 0 radical (unpaired) electrons. The highest BCUT2D eigenvalue weighted by Crippen LogP contribution is 2.23. The first kappa shape index (κ1) is 15.0. The molecular weight excluding hydrogens is 278 g/mol. The monoisotopic (exact) mass is 297 g/mol. The van der Waals surface area contributed by atoms with E-state index < -0.39 is 10.0 Å². The van der Waals surface area contributed by atoms with Crippen molar-refractivity contribution in [1.29, 1.82) is 0 Å². The molecule has 6 nitrogen and oxygen atoms in total. The van der Waals surface area contributed by atoms with E-state index in [0.717, 1.165) is 12.8 Å². The van der Waals surface area contributed by atoms with E-state index in [9.17, 15) is 13.2 Å². The highest BCUT2D eigenvalue weighted by atomic mass is 32.2. The Hall–Kier alpha value is -1.44. The van der Waals surface area contributed by atoms with Gasteiger partial charge in [0.2, 0.25) is 15.9 Å². The van der Waals surface area contributed by atoms with E-state index in [-0.39, 0.29) is 23.4 Å². The molecule has 1 fully saturated rings. The number of benzene rings is 1. The second kappa shape index (κ2) is 6.34. The molecule has 0 heterocycles. The minimum absolute atomic E-state index is 0.0620. The molecular formula is C13H19N3O3S. The minimum Gasteiger partial charge on any atom is -0.325 e. The van der Waals surface area contributed by atoms with Gasteiger partial charge in [0, 0.05) is 11.7 Å². The number of nitrogens with one attached hydrogen (secondary N) is 3. The Balaban J connectivity index is 2.05. The van der Waals surface area contributed by atoms with Crippen molar-refractivity contribution in [2.24, 2.45) is 0 Å². The van der Waals surface area contributed by atoms with Gasteiger partial charge in [0.05, 0.1) is 11.4 Å². The van der Waals surface area contributed by atoms with Crippen LogP contribution in [0.25, 0.3) is 0 Å². The Bertz CT molecular complexity index is 582. The molecule has 110 valence electrons. The Morgan fingerprint density at radius 2 is 2.10 bits per heavy atom. The van der Waals surface area contributed by atoms with Crippen molar-refractivity contribution in [2.45, 2.75) is 30.7 Å². The first-order valence-electron chi connectivity index (χ1n) is 6.64. The number of sulfonamides is 1. The molecule has 1 amide bonds. The summed E-state index contributed by atoms with van der Waals surface area (Å²) in [4.78, 5) is 11.8. The predicted molar refractivity (Wildman–Crippen MR) is 77.0 cm³/mol. The minimum atomic E-state index is -3.49. The van der Waals surface area contributed by atoms with Crippen molar-refractivity contribution in [1.82, 2.24) is 10.0 Å². The van der Waals surface area contributed by atoms with Crippen LogP contribution in [-0.4, -0.2) is 33.5 Å². The lowest BCUT2D eigenvalue weighted by molar-refractivity contribution is -0.115. The van der Waals surface area contributed by atoms with E-state index in [2.05, 4.69) is 15.4 Å². The predicted octanol–water partition coefficient (Wildman–Crippen LogP) is 0.675. The molecule has 0 bridgehead atoms. The molecule has 0 spiro atoms. The molecule has 1 aromatic carbocycles. The largest absolute Gasteiger partial charge is 0.325 e. The number of rotatable bonds is 7. The number of amides is 1. The van der Waals surface area contributed by atoms with Gasteiger partial charge in [-0.1, -0.05) is 13.0 Å². The van der Waals surface area contributed by atoms with Crippen molar-refractivity contribution >= 4 is 21.6 Å². The zero-order valence-corrected chi connectivity index (χ0v) is 12.2. The quantitative estimate of drug-likeness (QED) is 0.690. The number of hydrogen-bond donors (Lipinski definition) is 3. The molecule has 0 aromatic heterocycles. The van der Waals surface area contributed by atoms with Gasteiger partial charge in [-0.05, 0) is 37.6 Å². The van der Waals surface area contributed by atoms with E-state index in [4.69, 9.17) is 0 Å². The van der Waals surface area contributed by atoms with Crippen LogP contribution in [0, 0.1) is 0 Å². The molecule has 0 aliphatic heterocycles. The number of hydrogen-bond acceptors (Lipinski definition) is 4. The number of carbonyl (C=O) groups excluding carboxylic acids is 1. The van der Waals surface area contributed by atoms with Gasteiger partial charge in [-0.25, -0.2) is 13.1 Å². The van der Waals surface area contributed by atoms with Crippen LogP contribution in [0.5, 0.6) is 0 Å². The molecule has 0 saturated heterocycles. The van der Waals surface area contributed by atoms with Crippen LogP contribution in [0.2, 0.25) is 0 Å². The van der Waals surface area contributed by atoms with E-state index >= 15 is 0 Å². The second-order valence-electron chi connectivity index (χ2n) is 4.75. The zero-order valence-electron chi connectivity index (χ0n) is 11.3. The van der Waals surface area contributed by atoms with Crippen molar-refractivity contribution in [3.8, 4) is 0 Å². The summed E-state index contributed by atoms with van der Waals surface area (Å²) in [5, 5.41) is 5.57. The first-order valence-corrected chi connectivity index (χ1v) is 8.12. The number of carbonyl (C=O) groups is 1. The smallest absolute Gasteiger partial charge is 0.240 e. The van der Waals surface area contributed by atoms with E-state index in [1.54, 1.807) is 12.1 Å². The summed E-state index contributed by atoms with van der Waals surface area (Å²) < 4.78 is 26.7. The fourth-order valence-corrected chi connectivity index (χ4v) is 3.02. The fourth-order valence-electron chi connectivity index (χ4n) is 1.67. The van der Waals surface area contributed by atoms with Gasteiger partial charge in [-0.15, -0.1) is 0 Å². The third-order valence-corrected chi connectivity index (χ3v) is 4.38. The Kier molecular flexibility index (Phi) is 4.74. The summed E-state index contributed by atoms with van der Waals surface area (Å²) in [5.74, 6) is -0.198. The van der Waals surface area contributed by atoms with Gasteiger partial charge < -0.3 is 10.6 Å². The van der Waals surface area contributed by atoms with Crippen LogP contribution in [0.15, 0.2) is 29.2 Å². The van der Waals surface area contributed by atoms with Gasteiger partial charge in [0.1, 0.15) is 0 Å². The maximum atomic E-state index is 12.1. The maximum Gasteiger partial charge on any atom is 0.240 e. The van der Waals surface area contributed by atoms with Gasteiger partial charge in [0.15, 0.2) is 0 Å². The average molecular weight is 297 g/mol. The Morgan fingerprint density at radius 1 is 1.35 bits per heavy atom. The van der Waals surface area contributed by atoms with E-state index in [0.29, 0.717) is 12.2 Å². The van der Waals surface area contributed by atoms with Crippen molar-refractivity contribution in [2.75, 3.05) is 18.4 Å². The third-order valence-electron chi connectivity index (χ3n) is 2.86. The van der Waals surface area contributed by atoms with Crippen LogP contribution < -0.4 is 15.4 Å². The average Bonchev–Trinajstić information content (AvgIpc) is 3.20. The first-order chi connectivity index (χ1) is 9.51. The van der Waals surface area contributed by atoms with Crippen LogP contribution in [0.3, 0.4) is 0 Å². The van der Waals surface area contributed by atoms with Gasteiger partial charge >= 0.3 is 0 Å². The molecule has 1 saturated carbocycles. The zero-order chi connectivity index (χ0) is 14.6. The van der Waals surface area contributed by atoms with Crippen molar-refractivity contribution in [3.05, 3.63) is 24.3 Å². The summed E-state index contributed by atoms with van der Waals surface area (Å²) in [7, 11) is -3.49.